The highest BCUT2D eigenvalue weighted by Gasteiger charge is 2.26. The molecule has 32 heavy (non-hydrogen) atoms. The van der Waals surface area contributed by atoms with E-state index in [-0.39, 0.29) is 17.6 Å². The number of carbonyl (C=O) groups is 2. The van der Waals surface area contributed by atoms with E-state index >= 15 is 0 Å². The minimum Gasteiger partial charge on any atom is -0.351 e. The topological polar surface area (TPSA) is 102 Å². The van der Waals surface area contributed by atoms with Gasteiger partial charge in [-0.15, -0.1) is 5.10 Å². The van der Waals surface area contributed by atoms with E-state index in [1.807, 2.05) is 32.9 Å². The fourth-order valence-electron chi connectivity index (χ4n) is 3.31. The number of benzene rings is 1. The first-order chi connectivity index (χ1) is 15.4. The van der Waals surface area contributed by atoms with Gasteiger partial charge in [0.15, 0.2) is 12.0 Å². The minimum atomic E-state index is -0.444. The Morgan fingerprint density at radius 3 is 2.41 bits per heavy atom. The average molecular weight is 465 g/mol. The summed E-state index contributed by atoms with van der Waals surface area (Å²) in [4.78, 5) is 28.7. The molecule has 1 aliphatic heterocycles. The highest BCUT2D eigenvalue weighted by atomic mass is 35.5. The van der Waals surface area contributed by atoms with Crippen LogP contribution in [0.1, 0.15) is 29.9 Å². The van der Waals surface area contributed by atoms with Gasteiger partial charge in [-0.3, -0.25) is 4.79 Å². The Morgan fingerprint density at radius 1 is 1.12 bits per heavy atom. The SMILES string of the molecule is CCOC(Cn1cc(C(=O)N2CCN(C(=O)Nc3ccc(C)c(Cl)c3)CC2)nn1)OCC. The third-order valence-electron chi connectivity index (χ3n) is 5.08. The maximum absolute atomic E-state index is 12.8. The summed E-state index contributed by atoms with van der Waals surface area (Å²) in [6.07, 6.45) is 1.15. The van der Waals surface area contributed by atoms with Gasteiger partial charge in [0.25, 0.3) is 5.91 Å². The third kappa shape index (κ3) is 6.18. The zero-order chi connectivity index (χ0) is 23.1. The second kappa shape index (κ2) is 11.3. The number of halogens is 1. The van der Waals surface area contributed by atoms with E-state index < -0.39 is 6.29 Å². The van der Waals surface area contributed by atoms with E-state index in [1.165, 1.54) is 0 Å². The number of nitrogens with one attached hydrogen (secondary N) is 1. The van der Waals surface area contributed by atoms with Crippen LogP contribution in [0, 0.1) is 6.92 Å². The van der Waals surface area contributed by atoms with Crippen molar-refractivity contribution in [1.82, 2.24) is 24.8 Å². The fourth-order valence-corrected chi connectivity index (χ4v) is 3.49. The largest absolute Gasteiger partial charge is 0.351 e. The molecule has 2 heterocycles. The fraction of sp³-hybridized carbons (Fsp3) is 0.524. The Kier molecular flexibility index (Phi) is 8.43. The molecule has 174 valence electrons. The van der Waals surface area contributed by atoms with E-state index in [9.17, 15) is 9.59 Å². The minimum absolute atomic E-state index is 0.217. The van der Waals surface area contributed by atoms with Crippen LogP contribution in [0.4, 0.5) is 10.5 Å². The molecular weight excluding hydrogens is 436 g/mol. The molecular formula is C21H29ClN6O4. The van der Waals surface area contributed by atoms with Crippen molar-refractivity contribution in [3.05, 3.63) is 40.7 Å². The predicted octanol–water partition coefficient (Wildman–Crippen LogP) is 2.63. The number of ether oxygens (including phenoxy) is 2. The first-order valence-corrected chi connectivity index (χ1v) is 11.0. The lowest BCUT2D eigenvalue weighted by molar-refractivity contribution is -0.145. The van der Waals surface area contributed by atoms with Crippen molar-refractivity contribution in [3.63, 3.8) is 0 Å². The Bertz CT molecular complexity index is 923. The third-order valence-corrected chi connectivity index (χ3v) is 5.48. The quantitative estimate of drug-likeness (QED) is 0.602. The second-order valence-corrected chi connectivity index (χ2v) is 7.75. The smallest absolute Gasteiger partial charge is 0.321 e. The normalized spacial score (nSPS) is 14.2. The molecule has 11 heteroatoms. The number of amides is 3. The standard InChI is InChI=1S/C21H29ClN6O4/c1-4-31-19(32-5-2)14-28-13-18(24-25-28)20(29)26-8-10-27(11-9-26)21(30)23-16-7-6-15(3)17(22)12-16/h6-7,12-13,19H,4-5,8-11,14H2,1-3H3,(H,23,30). The Morgan fingerprint density at radius 2 is 1.78 bits per heavy atom. The zero-order valence-electron chi connectivity index (χ0n) is 18.6. The van der Waals surface area contributed by atoms with Gasteiger partial charge < -0.3 is 24.6 Å². The first-order valence-electron chi connectivity index (χ1n) is 10.7. The highest BCUT2D eigenvalue weighted by Crippen LogP contribution is 2.20. The van der Waals surface area contributed by atoms with E-state index in [1.54, 1.807) is 26.7 Å². The van der Waals surface area contributed by atoms with E-state index in [0.29, 0.717) is 56.6 Å². The van der Waals surface area contributed by atoms with E-state index in [4.69, 9.17) is 21.1 Å². The van der Waals surface area contributed by atoms with Crippen molar-refractivity contribution in [2.24, 2.45) is 0 Å². The number of urea groups is 1. The number of hydrogen-bond donors (Lipinski definition) is 1. The van der Waals surface area contributed by atoms with Crippen molar-refractivity contribution in [1.29, 1.82) is 0 Å². The van der Waals surface area contributed by atoms with Crippen LogP contribution in [0.2, 0.25) is 5.02 Å². The lowest BCUT2D eigenvalue weighted by Crippen LogP contribution is -2.51. The monoisotopic (exact) mass is 464 g/mol. The van der Waals surface area contributed by atoms with Crippen LogP contribution in [0.5, 0.6) is 0 Å². The molecule has 3 amide bonds. The van der Waals surface area contributed by atoms with Crippen molar-refractivity contribution < 1.29 is 19.1 Å². The number of aryl methyl sites for hydroxylation is 1. The maximum atomic E-state index is 12.8. The summed E-state index contributed by atoms with van der Waals surface area (Å²) < 4.78 is 12.6. The van der Waals surface area contributed by atoms with Crippen LogP contribution in [0.25, 0.3) is 0 Å². The van der Waals surface area contributed by atoms with Gasteiger partial charge in [0.1, 0.15) is 0 Å². The van der Waals surface area contributed by atoms with E-state index in [2.05, 4.69) is 15.6 Å². The summed E-state index contributed by atoms with van der Waals surface area (Å²) in [7, 11) is 0. The van der Waals surface area contributed by atoms with Crippen molar-refractivity contribution in [3.8, 4) is 0 Å². The summed E-state index contributed by atoms with van der Waals surface area (Å²) in [5.41, 5.74) is 1.84. The average Bonchev–Trinajstić information content (AvgIpc) is 3.25. The number of carbonyl (C=O) groups excluding carboxylic acids is 2. The van der Waals surface area contributed by atoms with Gasteiger partial charge in [-0.05, 0) is 38.5 Å². The van der Waals surface area contributed by atoms with Crippen LogP contribution in [0.3, 0.4) is 0 Å². The van der Waals surface area contributed by atoms with Crippen LogP contribution < -0.4 is 5.32 Å². The molecule has 1 aromatic heterocycles. The van der Waals surface area contributed by atoms with Gasteiger partial charge in [-0.25, -0.2) is 9.48 Å². The molecule has 10 nitrogen and oxygen atoms in total. The molecule has 2 aromatic rings. The van der Waals surface area contributed by atoms with Gasteiger partial charge in [0, 0.05) is 50.1 Å². The summed E-state index contributed by atoms with van der Waals surface area (Å²) in [6.45, 7) is 8.71. The van der Waals surface area contributed by atoms with Crippen molar-refractivity contribution >= 4 is 29.2 Å². The van der Waals surface area contributed by atoms with E-state index in [0.717, 1.165) is 5.56 Å². The molecule has 1 fully saturated rings. The first kappa shape index (κ1) is 24.0. The highest BCUT2D eigenvalue weighted by molar-refractivity contribution is 6.31. The molecule has 0 spiro atoms. The van der Waals surface area contributed by atoms with Gasteiger partial charge in [0.05, 0.1) is 12.7 Å². The molecule has 0 bridgehead atoms. The van der Waals surface area contributed by atoms with Crippen LogP contribution >= 0.6 is 11.6 Å². The summed E-state index contributed by atoms with van der Waals surface area (Å²) in [6, 6.07) is 5.16. The van der Waals surface area contributed by atoms with Gasteiger partial charge in [-0.1, -0.05) is 22.9 Å². The summed E-state index contributed by atoms with van der Waals surface area (Å²) in [5, 5.41) is 11.5. The maximum Gasteiger partial charge on any atom is 0.321 e. The van der Waals surface area contributed by atoms with Crippen LogP contribution in [-0.2, 0) is 16.0 Å². The number of nitrogens with zero attached hydrogens (tertiary/aromatic N) is 5. The predicted molar refractivity (Wildman–Crippen MR) is 120 cm³/mol. The molecule has 0 unspecified atom stereocenters. The number of rotatable bonds is 8. The molecule has 1 aromatic carbocycles. The Hall–Kier alpha value is -2.69. The number of aromatic nitrogens is 3. The van der Waals surface area contributed by atoms with Crippen molar-refractivity contribution in [2.75, 3.05) is 44.7 Å². The summed E-state index contributed by atoms with van der Waals surface area (Å²) in [5.74, 6) is -0.217. The van der Waals surface area contributed by atoms with Crippen molar-refractivity contribution in [2.45, 2.75) is 33.6 Å². The molecule has 1 saturated heterocycles. The summed E-state index contributed by atoms with van der Waals surface area (Å²) >= 11 is 6.12. The lowest BCUT2D eigenvalue weighted by atomic mass is 10.2. The molecule has 0 radical (unpaired) electrons. The molecule has 1 aliphatic rings. The number of hydrogen-bond acceptors (Lipinski definition) is 6. The zero-order valence-corrected chi connectivity index (χ0v) is 19.3. The van der Waals surface area contributed by atoms with Gasteiger partial charge in [0.2, 0.25) is 0 Å². The van der Waals surface area contributed by atoms with Crippen LogP contribution in [0.15, 0.2) is 24.4 Å². The molecule has 0 saturated carbocycles. The number of piperazine rings is 1. The molecule has 1 N–H and O–H groups in total. The Balaban J connectivity index is 1.51. The second-order valence-electron chi connectivity index (χ2n) is 7.34. The van der Waals surface area contributed by atoms with Gasteiger partial charge in [-0.2, -0.15) is 0 Å². The lowest BCUT2D eigenvalue weighted by Gasteiger charge is -2.34. The van der Waals surface area contributed by atoms with Crippen LogP contribution in [-0.4, -0.2) is 82.4 Å². The molecule has 0 atom stereocenters. The Labute approximate surface area is 192 Å². The molecule has 3 rings (SSSR count). The van der Waals surface area contributed by atoms with Gasteiger partial charge >= 0.3 is 6.03 Å². The molecule has 0 aliphatic carbocycles. The number of anilines is 1.